The van der Waals surface area contributed by atoms with Crippen LogP contribution in [0.5, 0.6) is 0 Å². The predicted molar refractivity (Wildman–Crippen MR) is 131 cm³/mol. The van der Waals surface area contributed by atoms with Gasteiger partial charge in [-0.25, -0.2) is 14.5 Å². The Kier molecular flexibility index (Phi) is 5.20. The summed E-state index contributed by atoms with van der Waals surface area (Å²) in [6.07, 6.45) is 6.09. The van der Waals surface area contributed by atoms with Crippen molar-refractivity contribution in [3.8, 4) is 11.3 Å². The van der Waals surface area contributed by atoms with Crippen molar-refractivity contribution in [3.63, 3.8) is 0 Å². The number of anilines is 1. The van der Waals surface area contributed by atoms with E-state index in [1.165, 1.54) is 5.56 Å². The zero-order chi connectivity index (χ0) is 22.1. The first-order valence-corrected chi connectivity index (χ1v) is 10.6. The van der Waals surface area contributed by atoms with Gasteiger partial charge in [0.2, 0.25) is 0 Å². The van der Waals surface area contributed by atoms with Gasteiger partial charge in [-0.2, -0.15) is 5.10 Å². The van der Waals surface area contributed by atoms with Gasteiger partial charge in [0.1, 0.15) is 10.7 Å². The molecule has 0 saturated heterocycles. The first-order valence-electron chi connectivity index (χ1n) is 10.2. The normalized spacial score (nSPS) is 11.1. The third-order valence-electron chi connectivity index (χ3n) is 5.41. The van der Waals surface area contributed by atoms with Gasteiger partial charge in [-0.1, -0.05) is 30.4 Å². The van der Waals surface area contributed by atoms with Gasteiger partial charge < -0.3 is 10.6 Å². The average Bonchev–Trinajstić information content (AvgIpc) is 3.25. The zero-order valence-electron chi connectivity index (χ0n) is 17.7. The van der Waals surface area contributed by atoms with Crippen molar-refractivity contribution in [1.82, 2.24) is 29.9 Å². The molecule has 158 valence electrons. The molecule has 0 aliphatic carbocycles. The SMILES string of the molecule is CNC(=S)c1ccc(-c2cnc3ncc(Cc4ccc5ncccc5c4)n3n2)cc1NC. The Hall–Kier alpha value is -3.91. The van der Waals surface area contributed by atoms with E-state index in [0.717, 1.165) is 39.1 Å². The molecule has 32 heavy (non-hydrogen) atoms. The van der Waals surface area contributed by atoms with Gasteiger partial charge in [0, 0.05) is 48.9 Å². The van der Waals surface area contributed by atoms with E-state index in [1.54, 1.807) is 6.20 Å². The van der Waals surface area contributed by atoms with Crippen LogP contribution < -0.4 is 10.6 Å². The average molecular weight is 440 g/mol. The summed E-state index contributed by atoms with van der Waals surface area (Å²) in [5.74, 6) is 0.577. The Labute approximate surface area is 190 Å². The topological polar surface area (TPSA) is 80.0 Å². The second-order valence-electron chi connectivity index (χ2n) is 7.40. The van der Waals surface area contributed by atoms with Gasteiger partial charge in [0.25, 0.3) is 5.78 Å². The van der Waals surface area contributed by atoms with Crippen LogP contribution in [0.25, 0.3) is 27.9 Å². The van der Waals surface area contributed by atoms with Crippen LogP contribution in [0.15, 0.2) is 67.1 Å². The number of hydrogen-bond donors (Lipinski definition) is 2. The van der Waals surface area contributed by atoms with E-state index >= 15 is 0 Å². The van der Waals surface area contributed by atoms with E-state index < -0.39 is 0 Å². The van der Waals surface area contributed by atoms with Crippen LogP contribution >= 0.6 is 12.2 Å². The van der Waals surface area contributed by atoms with Gasteiger partial charge in [-0.3, -0.25) is 4.98 Å². The van der Waals surface area contributed by atoms with Crippen molar-refractivity contribution < 1.29 is 0 Å². The van der Waals surface area contributed by atoms with Crippen molar-refractivity contribution in [1.29, 1.82) is 0 Å². The molecule has 5 aromatic rings. The number of pyridine rings is 1. The minimum absolute atomic E-state index is 0.577. The van der Waals surface area contributed by atoms with Crippen LogP contribution in [-0.2, 0) is 6.42 Å². The monoisotopic (exact) mass is 439 g/mol. The third-order valence-corrected chi connectivity index (χ3v) is 5.83. The summed E-state index contributed by atoms with van der Waals surface area (Å²) in [5, 5.41) is 12.2. The predicted octanol–water partition coefficient (Wildman–Crippen LogP) is 3.87. The summed E-state index contributed by atoms with van der Waals surface area (Å²) in [7, 11) is 3.70. The van der Waals surface area contributed by atoms with E-state index in [4.69, 9.17) is 17.3 Å². The summed E-state index contributed by atoms with van der Waals surface area (Å²) in [5.41, 5.74) is 6.70. The number of rotatable bonds is 5. The molecule has 0 atom stereocenters. The second kappa shape index (κ2) is 8.32. The Balaban J connectivity index is 1.51. The maximum atomic E-state index is 5.40. The molecule has 0 radical (unpaired) electrons. The summed E-state index contributed by atoms with van der Waals surface area (Å²) in [6, 6.07) is 16.3. The van der Waals surface area contributed by atoms with E-state index in [1.807, 2.05) is 61.3 Å². The van der Waals surface area contributed by atoms with E-state index in [9.17, 15) is 0 Å². The molecular formula is C24H21N7S. The molecule has 5 rings (SSSR count). The molecule has 8 heteroatoms. The lowest BCUT2D eigenvalue weighted by Gasteiger charge is -2.12. The van der Waals surface area contributed by atoms with Gasteiger partial charge in [0.05, 0.1) is 23.6 Å². The second-order valence-corrected chi connectivity index (χ2v) is 7.81. The van der Waals surface area contributed by atoms with Crippen LogP contribution in [0.3, 0.4) is 0 Å². The van der Waals surface area contributed by atoms with Crippen molar-refractivity contribution >= 4 is 39.6 Å². The highest BCUT2D eigenvalue weighted by molar-refractivity contribution is 7.80. The molecule has 0 spiro atoms. The number of nitrogens with zero attached hydrogens (tertiary/aromatic N) is 5. The number of thiocarbonyl (C=S) groups is 1. The molecule has 3 heterocycles. The minimum Gasteiger partial charge on any atom is -0.388 e. The van der Waals surface area contributed by atoms with Gasteiger partial charge in [-0.05, 0) is 35.9 Å². The lowest BCUT2D eigenvalue weighted by Crippen LogP contribution is -2.18. The van der Waals surface area contributed by atoms with E-state index in [2.05, 4.69) is 43.8 Å². The first kappa shape index (κ1) is 20.0. The number of hydrogen-bond acceptors (Lipinski definition) is 6. The molecule has 0 aliphatic heterocycles. The Morgan fingerprint density at radius 3 is 2.72 bits per heavy atom. The summed E-state index contributed by atoms with van der Waals surface area (Å²) in [6.45, 7) is 0. The van der Waals surface area contributed by atoms with E-state index in [0.29, 0.717) is 17.2 Å². The number of fused-ring (bicyclic) bond motifs is 2. The van der Waals surface area contributed by atoms with Gasteiger partial charge >= 0.3 is 0 Å². The van der Waals surface area contributed by atoms with Crippen LogP contribution in [0, 0.1) is 0 Å². The van der Waals surface area contributed by atoms with Crippen LogP contribution in [0.1, 0.15) is 16.8 Å². The maximum absolute atomic E-state index is 5.40. The van der Waals surface area contributed by atoms with Crippen molar-refractivity contribution in [2.24, 2.45) is 0 Å². The number of aromatic nitrogens is 5. The summed E-state index contributed by atoms with van der Waals surface area (Å²) in [4.78, 5) is 14.0. The fourth-order valence-corrected chi connectivity index (χ4v) is 3.94. The molecule has 3 aromatic heterocycles. The minimum atomic E-state index is 0.577. The van der Waals surface area contributed by atoms with Gasteiger partial charge in [-0.15, -0.1) is 0 Å². The molecular weight excluding hydrogens is 418 g/mol. The largest absolute Gasteiger partial charge is 0.388 e. The first-order chi connectivity index (χ1) is 15.7. The fraction of sp³-hybridized carbons (Fsp3) is 0.125. The molecule has 0 fully saturated rings. The summed E-state index contributed by atoms with van der Waals surface area (Å²) < 4.78 is 1.81. The standard InChI is InChI=1S/C24H21N7S/c1-25-21-12-17(6-7-19(21)23(32)26-2)22-14-29-24-28-13-18(31(24)30-22)11-15-5-8-20-16(10-15)4-3-9-27-20/h3-10,12-14,25H,11H2,1-2H3,(H,26,32). The van der Waals surface area contributed by atoms with Crippen molar-refractivity contribution in [2.45, 2.75) is 6.42 Å². The molecule has 2 N–H and O–H groups in total. The Morgan fingerprint density at radius 1 is 1.00 bits per heavy atom. The highest BCUT2D eigenvalue weighted by Crippen LogP contribution is 2.25. The molecule has 0 amide bonds. The number of nitrogens with one attached hydrogen (secondary N) is 2. The van der Waals surface area contributed by atoms with Crippen LogP contribution in [0.2, 0.25) is 0 Å². The Bertz CT molecular complexity index is 1460. The summed E-state index contributed by atoms with van der Waals surface area (Å²) >= 11 is 5.40. The van der Waals surface area contributed by atoms with Crippen LogP contribution in [0.4, 0.5) is 5.69 Å². The number of benzene rings is 2. The molecule has 0 bridgehead atoms. The number of imidazole rings is 1. The van der Waals surface area contributed by atoms with Crippen molar-refractivity contribution in [2.75, 3.05) is 19.4 Å². The Morgan fingerprint density at radius 2 is 1.88 bits per heavy atom. The molecule has 2 aromatic carbocycles. The fourth-order valence-electron chi connectivity index (χ4n) is 3.76. The van der Waals surface area contributed by atoms with Crippen LogP contribution in [-0.4, -0.2) is 43.6 Å². The molecule has 0 saturated carbocycles. The van der Waals surface area contributed by atoms with Crippen molar-refractivity contribution in [3.05, 3.63) is 83.9 Å². The lowest BCUT2D eigenvalue weighted by atomic mass is 10.1. The highest BCUT2D eigenvalue weighted by atomic mass is 32.1. The lowest BCUT2D eigenvalue weighted by molar-refractivity contribution is 0.854. The smallest absolute Gasteiger partial charge is 0.250 e. The van der Waals surface area contributed by atoms with Gasteiger partial charge in [0.15, 0.2) is 0 Å². The van der Waals surface area contributed by atoms with E-state index in [-0.39, 0.29) is 0 Å². The molecule has 0 aliphatic rings. The quantitative estimate of drug-likeness (QED) is 0.403. The highest BCUT2D eigenvalue weighted by Gasteiger charge is 2.12. The maximum Gasteiger partial charge on any atom is 0.250 e. The third kappa shape index (κ3) is 3.65. The molecule has 7 nitrogen and oxygen atoms in total. The molecule has 0 unspecified atom stereocenters. The zero-order valence-corrected chi connectivity index (χ0v) is 18.5.